The lowest BCUT2D eigenvalue weighted by Gasteiger charge is -2.18. The number of rotatable bonds is 21. The predicted molar refractivity (Wildman–Crippen MR) is 187 cm³/mol. The van der Waals surface area contributed by atoms with Gasteiger partial charge < -0.3 is 19.5 Å². The standard InChI is InChI=1S/C38H38N4O10/c1-27-10-11-28(22-33(27)41-26-45)23-34(38(49)51-21-7-3-5-9-36(47)52-32-18-16-31(17-19-32)40-25-44)42-35(46)8-4-2-6-20-50-37(48)29-12-14-30(15-13-29)39-24-43/h10-19,22,34H,2-9,20-21,23H2,1H3,(H,42,46). The molecule has 14 nitrogen and oxygen atoms in total. The molecule has 0 aliphatic carbocycles. The summed E-state index contributed by atoms with van der Waals surface area (Å²) in [6.07, 6.45) is 7.88. The summed E-state index contributed by atoms with van der Waals surface area (Å²) in [6.45, 7) is 2.00. The fraction of sp³-hybridized carbons (Fsp3) is 0.342. The molecule has 0 saturated heterocycles. The van der Waals surface area contributed by atoms with Gasteiger partial charge in [-0.3, -0.25) is 9.59 Å². The van der Waals surface area contributed by atoms with E-state index < -0.39 is 23.9 Å². The number of nitrogens with one attached hydrogen (secondary N) is 1. The fourth-order valence-electron chi connectivity index (χ4n) is 4.83. The van der Waals surface area contributed by atoms with Gasteiger partial charge in [0.1, 0.15) is 11.8 Å². The first kappa shape index (κ1) is 40.1. The molecule has 3 rings (SSSR count). The van der Waals surface area contributed by atoms with Crippen LogP contribution in [0.5, 0.6) is 5.75 Å². The summed E-state index contributed by atoms with van der Waals surface area (Å²) in [5.41, 5.74) is 2.88. The molecule has 0 saturated carbocycles. The summed E-state index contributed by atoms with van der Waals surface area (Å²) in [6, 6.07) is 16.2. The molecule has 0 aromatic heterocycles. The maximum Gasteiger partial charge on any atom is 0.338 e. The van der Waals surface area contributed by atoms with Gasteiger partial charge in [-0.2, -0.15) is 15.0 Å². The molecule has 0 aliphatic heterocycles. The van der Waals surface area contributed by atoms with Crippen molar-refractivity contribution in [1.29, 1.82) is 0 Å². The lowest BCUT2D eigenvalue weighted by atomic mass is 10.0. The van der Waals surface area contributed by atoms with Crippen molar-refractivity contribution in [2.24, 2.45) is 15.0 Å². The van der Waals surface area contributed by atoms with Crippen molar-refractivity contribution >= 4 is 59.1 Å². The van der Waals surface area contributed by atoms with Crippen molar-refractivity contribution in [3.8, 4) is 5.75 Å². The van der Waals surface area contributed by atoms with Crippen LogP contribution in [0.4, 0.5) is 17.1 Å². The minimum absolute atomic E-state index is 0.0725. The molecule has 0 aliphatic rings. The second-order valence-corrected chi connectivity index (χ2v) is 11.5. The van der Waals surface area contributed by atoms with Gasteiger partial charge in [-0.15, -0.1) is 0 Å². The van der Waals surface area contributed by atoms with Crippen LogP contribution in [0.25, 0.3) is 0 Å². The van der Waals surface area contributed by atoms with Gasteiger partial charge in [0, 0.05) is 19.3 Å². The molecule has 0 radical (unpaired) electrons. The first-order valence-electron chi connectivity index (χ1n) is 16.6. The lowest BCUT2D eigenvalue weighted by Crippen LogP contribution is -2.43. The summed E-state index contributed by atoms with van der Waals surface area (Å²) in [5, 5.41) is 2.75. The topological polar surface area (TPSA) is 196 Å². The van der Waals surface area contributed by atoms with E-state index in [1.165, 1.54) is 66.8 Å². The highest BCUT2D eigenvalue weighted by Crippen LogP contribution is 2.21. The zero-order valence-corrected chi connectivity index (χ0v) is 28.6. The van der Waals surface area contributed by atoms with Gasteiger partial charge >= 0.3 is 17.9 Å². The number of esters is 3. The molecule has 0 heterocycles. The van der Waals surface area contributed by atoms with E-state index in [1.54, 1.807) is 25.1 Å². The first-order valence-corrected chi connectivity index (χ1v) is 16.6. The molecule has 270 valence electrons. The van der Waals surface area contributed by atoms with Crippen LogP contribution in [-0.4, -0.2) is 61.3 Å². The van der Waals surface area contributed by atoms with Crippen LogP contribution in [0.1, 0.15) is 72.9 Å². The van der Waals surface area contributed by atoms with Crippen LogP contribution >= 0.6 is 0 Å². The molecule has 1 amide bonds. The molecule has 14 heteroatoms. The van der Waals surface area contributed by atoms with Crippen molar-refractivity contribution in [2.75, 3.05) is 13.2 Å². The normalized spacial score (nSPS) is 10.7. The van der Waals surface area contributed by atoms with E-state index in [9.17, 15) is 33.6 Å². The minimum Gasteiger partial charge on any atom is -0.464 e. The Morgan fingerprint density at radius 1 is 0.692 bits per heavy atom. The van der Waals surface area contributed by atoms with E-state index in [0.717, 1.165) is 5.56 Å². The van der Waals surface area contributed by atoms with E-state index in [-0.39, 0.29) is 38.4 Å². The number of carbonyl (C=O) groups is 4. The molecule has 1 unspecified atom stereocenters. The van der Waals surface area contributed by atoms with Gasteiger partial charge in [0.25, 0.3) is 0 Å². The maximum absolute atomic E-state index is 13.1. The van der Waals surface area contributed by atoms with E-state index in [2.05, 4.69) is 20.3 Å². The molecule has 52 heavy (non-hydrogen) atoms. The number of hydrogen-bond acceptors (Lipinski definition) is 13. The SMILES string of the molecule is Cc1ccc(CC(NC(=O)CCCCCOC(=O)c2ccc(N=C=O)cc2)C(=O)OCCCCCC(=O)Oc2ccc(N=C=O)cc2)cc1N=C=O. The van der Waals surface area contributed by atoms with Crippen LogP contribution in [0.3, 0.4) is 0 Å². The van der Waals surface area contributed by atoms with Crippen molar-refractivity contribution in [3.05, 3.63) is 83.4 Å². The molecule has 1 atom stereocenters. The van der Waals surface area contributed by atoms with E-state index in [1.807, 2.05) is 0 Å². The van der Waals surface area contributed by atoms with Gasteiger partial charge in [0.15, 0.2) is 0 Å². The van der Waals surface area contributed by atoms with Crippen LogP contribution in [0.2, 0.25) is 0 Å². The molecule has 3 aromatic carbocycles. The fourth-order valence-corrected chi connectivity index (χ4v) is 4.83. The summed E-state index contributed by atoms with van der Waals surface area (Å²) in [4.78, 5) is 92.5. The molecular formula is C38H38N4O10. The second-order valence-electron chi connectivity index (χ2n) is 11.5. The van der Waals surface area contributed by atoms with Gasteiger partial charge in [0.05, 0.1) is 35.8 Å². The van der Waals surface area contributed by atoms with Crippen LogP contribution in [0.15, 0.2) is 81.7 Å². The number of hydrogen-bond donors (Lipinski definition) is 1. The van der Waals surface area contributed by atoms with E-state index in [4.69, 9.17) is 14.2 Å². The first-order chi connectivity index (χ1) is 25.2. The number of ether oxygens (including phenoxy) is 3. The van der Waals surface area contributed by atoms with Gasteiger partial charge in [-0.1, -0.05) is 12.1 Å². The van der Waals surface area contributed by atoms with Crippen molar-refractivity contribution < 1.29 is 47.8 Å². The quantitative estimate of drug-likeness (QED) is 0.0447. The third-order valence-corrected chi connectivity index (χ3v) is 7.57. The Bertz CT molecular complexity index is 1820. The van der Waals surface area contributed by atoms with Crippen LogP contribution in [0, 0.1) is 6.92 Å². The average molecular weight is 711 g/mol. The Balaban J connectivity index is 1.43. The molecule has 1 N–H and O–H groups in total. The van der Waals surface area contributed by atoms with Crippen molar-refractivity contribution in [2.45, 2.75) is 70.8 Å². The minimum atomic E-state index is -1.01. The summed E-state index contributed by atoms with van der Waals surface area (Å²) in [7, 11) is 0. The summed E-state index contributed by atoms with van der Waals surface area (Å²) in [5.74, 6) is -1.62. The number of aliphatic imine (C=N–C) groups is 3. The Morgan fingerprint density at radius 3 is 1.92 bits per heavy atom. The van der Waals surface area contributed by atoms with Crippen molar-refractivity contribution in [3.63, 3.8) is 0 Å². The number of benzene rings is 3. The number of nitrogens with zero attached hydrogens (tertiary/aromatic N) is 3. The predicted octanol–water partition coefficient (Wildman–Crippen LogP) is 6.05. The molecule has 0 bridgehead atoms. The number of amides is 1. The van der Waals surface area contributed by atoms with Gasteiger partial charge in [-0.25, -0.2) is 24.0 Å². The molecule has 0 spiro atoms. The third-order valence-electron chi connectivity index (χ3n) is 7.57. The molecule has 3 aromatic rings. The molecule has 0 fully saturated rings. The summed E-state index contributed by atoms with van der Waals surface area (Å²) < 4.78 is 16.0. The Hall–Kier alpha value is -6.32. The Kier molecular flexibility index (Phi) is 17.3. The summed E-state index contributed by atoms with van der Waals surface area (Å²) >= 11 is 0. The van der Waals surface area contributed by atoms with Gasteiger partial charge in [-0.05, 0) is 111 Å². The number of unbranched alkanes of at least 4 members (excludes halogenated alkanes) is 4. The van der Waals surface area contributed by atoms with Crippen LogP contribution < -0.4 is 10.1 Å². The van der Waals surface area contributed by atoms with Crippen LogP contribution in [-0.2, 0) is 44.7 Å². The van der Waals surface area contributed by atoms with Crippen molar-refractivity contribution in [1.82, 2.24) is 5.32 Å². The highest BCUT2D eigenvalue weighted by Gasteiger charge is 2.23. The zero-order valence-electron chi connectivity index (χ0n) is 28.6. The molecular weight excluding hydrogens is 672 g/mol. The largest absolute Gasteiger partial charge is 0.464 e. The number of aryl methyl sites for hydroxylation is 1. The van der Waals surface area contributed by atoms with Gasteiger partial charge in [0.2, 0.25) is 24.1 Å². The van der Waals surface area contributed by atoms with E-state index >= 15 is 0 Å². The highest BCUT2D eigenvalue weighted by molar-refractivity contribution is 5.89. The smallest absolute Gasteiger partial charge is 0.338 e. The monoisotopic (exact) mass is 710 g/mol. The Labute approximate surface area is 300 Å². The average Bonchev–Trinajstić information content (AvgIpc) is 3.13. The second kappa shape index (κ2) is 22.4. The lowest BCUT2D eigenvalue weighted by molar-refractivity contribution is -0.148. The maximum atomic E-state index is 13.1. The van der Waals surface area contributed by atoms with E-state index in [0.29, 0.717) is 72.5 Å². The zero-order chi connectivity index (χ0) is 37.6. The Morgan fingerprint density at radius 2 is 1.29 bits per heavy atom. The number of carbonyl (C=O) groups excluding carboxylic acids is 7. The number of isocyanates is 3. The highest BCUT2D eigenvalue weighted by atomic mass is 16.5. The third kappa shape index (κ3) is 14.7.